The Kier molecular flexibility index (Phi) is 4.08. The number of hydrogen-bond acceptors (Lipinski definition) is 4. The Hall–Kier alpha value is -2.47. The molecule has 2 aliphatic heterocycles. The molecule has 2 aliphatic rings. The van der Waals surface area contributed by atoms with E-state index < -0.39 is 0 Å². The lowest BCUT2D eigenvalue weighted by Gasteiger charge is -2.27. The minimum absolute atomic E-state index is 0.407. The van der Waals surface area contributed by atoms with Crippen LogP contribution in [0.15, 0.2) is 42.7 Å². The summed E-state index contributed by atoms with van der Waals surface area (Å²) >= 11 is 0. The highest BCUT2D eigenvalue weighted by atomic mass is 15.3. The van der Waals surface area contributed by atoms with Crippen LogP contribution < -0.4 is 0 Å². The maximum absolute atomic E-state index is 4.55. The summed E-state index contributed by atoms with van der Waals surface area (Å²) in [5.74, 6) is 2.13. The summed E-state index contributed by atoms with van der Waals surface area (Å²) in [4.78, 5) is 2.67. The quantitative estimate of drug-likeness (QED) is 0.714. The number of hydrogen-bond donors (Lipinski definition) is 0. The lowest BCUT2D eigenvalue weighted by molar-refractivity contribution is 0.180. The van der Waals surface area contributed by atoms with Gasteiger partial charge in [-0.15, -0.1) is 10.2 Å². The second kappa shape index (κ2) is 6.60. The van der Waals surface area contributed by atoms with Gasteiger partial charge in [0.25, 0.3) is 0 Å². The van der Waals surface area contributed by atoms with Gasteiger partial charge in [0, 0.05) is 55.0 Å². The Bertz CT molecular complexity index is 925. The molecule has 6 nitrogen and oxygen atoms in total. The van der Waals surface area contributed by atoms with Crippen molar-refractivity contribution in [1.29, 1.82) is 0 Å². The summed E-state index contributed by atoms with van der Waals surface area (Å²) in [5, 5.41) is 13.6. The SMILES string of the molecule is CC(C)n1cc(CN2[C@@H]3CC[C@H]2Cc2nnc(-c4ccccc4)n2C3)cn1. The van der Waals surface area contributed by atoms with Crippen molar-refractivity contribution in [3.05, 3.63) is 54.1 Å². The number of benzene rings is 1. The molecule has 5 rings (SSSR count). The smallest absolute Gasteiger partial charge is 0.164 e. The van der Waals surface area contributed by atoms with E-state index in [1.807, 2.05) is 12.3 Å². The Morgan fingerprint density at radius 2 is 1.89 bits per heavy atom. The fraction of sp³-hybridized carbons (Fsp3) is 0.476. The molecule has 2 aromatic heterocycles. The van der Waals surface area contributed by atoms with Crippen molar-refractivity contribution in [1.82, 2.24) is 29.4 Å². The van der Waals surface area contributed by atoms with Crippen molar-refractivity contribution in [3.8, 4) is 11.4 Å². The first-order valence-corrected chi connectivity index (χ1v) is 9.95. The second-order valence-corrected chi connectivity index (χ2v) is 8.10. The minimum atomic E-state index is 0.407. The van der Waals surface area contributed by atoms with Gasteiger partial charge in [0.15, 0.2) is 5.82 Å². The molecule has 0 aliphatic carbocycles. The van der Waals surface area contributed by atoms with Crippen LogP contribution in [0.2, 0.25) is 0 Å². The Morgan fingerprint density at radius 1 is 1.07 bits per heavy atom. The molecular formula is C21H26N6. The van der Waals surface area contributed by atoms with Gasteiger partial charge < -0.3 is 4.57 Å². The molecule has 6 heteroatoms. The molecule has 27 heavy (non-hydrogen) atoms. The maximum Gasteiger partial charge on any atom is 0.164 e. The molecule has 1 fully saturated rings. The molecule has 0 saturated carbocycles. The normalized spacial score (nSPS) is 22.2. The third kappa shape index (κ3) is 2.98. The molecule has 0 radical (unpaired) electrons. The molecule has 3 aromatic rings. The highest BCUT2D eigenvalue weighted by Gasteiger charge is 2.38. The van der Waals surface area contributed by atoms with E-state index in [1.54, 1.807) is 0 Å². The Labute approximate surface area is 159 Å². The average Bonchev–Trinajstić information content (AvgIpc) is 3.35. The van der Waals surface area contributed by atoms with Gasteiger partial charge in [-0.25, -0.2) is 0 Å². The minimum Gasteiger partial charge on any atom is -0.309 e. The fourth-order valence-electron chi connectivity index (χ4n) is 4.54. The third-order valence-corrected chi connectivity index (χ3v) is 5.99. The lowest BCUT2D eigenvalue weighted by Crippen LogP contribution is -2.36. The number of nitrogens with zero attached hydrogens (tertiary/aromatic N) is 6. The van der Waals surface area contributed by atoms with E-state index in [-0.39, 0.29) is 0 Å². The first kappa shape index (κ1) is 16.7. The largest absolute Gasteiger partial charge is 0.309 e. The summed E-state index contributed by atoms with van der Waals surface area (Å²) < 4.78 is 4.40. The lowest BCUT2D eigenvalue weighted by atomic mass is 10.1. The average molecular weight is 362 g/mol. The molecule has 4 heterocycles. The van der Waals surface area contributed by atoms with Gasteiger partial charge in [-0.3, -0.25) is 9.58 Å². The zero-order valence-electron chi connectivity index (χ0n) is 16.0. The van der Waals surface area contributed by atoms with Gasteiger partial charge in [0.05, 0.1) is 6.20 Å². The van der Waals surface area contributed by atoms with E-state index in [9.17, 15) is 0 Å². The van der Waals surface area contributed by atoms with Gasteiger partial charge in [-0.1, -0.05) is 30.3 Å². The van der Waals surface area contributed by atoms with Gasteiger partial charge >= 0.3 is 0 Å². The Morgan fingerprint density at radius 3 is 2.67 bits per heavy atom. The highest BCUT2D eigenvalue weighted by Crippen LogP contribution is 2.34. The summed E-state index contributed by atoms with van der Waals surface area (Å²) in [7, 11) is 0. The van der Waals surface area contributed by atoms with Crippen molar-refractivity contribution in [2.75, 3.05) is 0 Å². The second-order valence-electron chi connectivity index (χ2n) is 8.10. The van der Waals surface area contributed by atoms with Gasteiger partial charge in [0.1, 0.15) is 5.82 Å². The molecular weight excluding hydrogens is 336 g/mol. The van der Waals surface area contributed by atoms with Crippen molar-refractivity contribution < 1.29 is 0 Å². The van der Waals surface area contributed by atoms with Gasteiger partial charge in [-0.05, 0) is 26.7 Å². The van der Waals surface area contributed by atoms with Crippen LogP contribution in [-0.4, -0.2) is 41.5 Å². The zero-order valence-corrected chi connectivity index (χ0v) is 16.0. The van der Waals surface area contributed by atoms with Gasteiger partial charge in [0.2, 0.25) is 0 Å². The van der Waals surface area contributed by atoms with Crippen LogP contribution in [0, 0.1) is 0 Å². The zero-order chi connectivity index (χ0) is 18.4. The van der Waals surface area contributed by atoms with E-state index in [2.05, 4.69) is 73.8 Å². The van der Waals surface area contributed by atoms with Crippen LogP contribution in [0.3, 0.4) is 0 Å². The highest BCUT2D eigenvalue weighted by molar-refractivity contribution is 5.55. The maximum atomic E-state index is 4.55. The number of rotatable bonds is 4. The molecule has 0 unspecified atom stereocenters. The molecule has 0 amide bonds. The predicted molar refractivity (Wildman–Crippen MR) is 104 cm³/mol. The molecule has 2 atom stereocenters. The summed E-state index contributed by atoms with van der Waals surface area (Å²) in [5.41, 5.74) is 2.46. The van der Waals surface area contributed by atoms with Crippen LogP contribution in [-0.2, 0) is 19.5 Å². The predicted octanol–water partition coefficient (Wildman–Crippen LogP) is 3.31. The van der Waals surface area contributed by atoms with E-state index in [1.165, 1.54) is 18.4 Å². The number of aromatic nitrogens is 5. The van der Waals surface area contributed by atoms with Crippen LogP contribution in [0.1, 0.15) is 44.1 Å². The summed E-state index contributed by atoms with van der Waals surface area (Å²) in [6, 6.07) is 11.9. The van der Waals surface area contributed by atoms with Crippen molar-refractivity contribution in [2.45, 2.75) is 64.3 Å². The molecule has 0 spiro atoms. The van der Waals surface area contributed by atoms with Crippen LogP contribution in [0.4, 0.5) is 0 Å². The topological polar surface area (TPSA) is 51.8 Å². The molecule has 140 valence electrons. The van der Waals surface area contributed by atoms with Crippen LogP contribution in [0.5, 0.6) is 0 Å². The van der Waals surface area contributed by atoms with Crippen molar-refractivity contribution in [3.63, 3.8) is 0 Å². The van der Waals surface area contributed by atoms with Gasteiger partial charge in [-0.2, -0.15) is 5.10 Å². The van der Waals surface area contributed by atoms with E-state index in [0.717, 1.165) is 36.7 Å². The molecule has 1 saturated heterocycles. The van der Waals surface area contributed by atoms with Crippen molar-refractivity contribution >= 4 is 0 Å². The number of fused-ring (bicyclic) bond motifs is 3. The molecule has 0 N–H and O–H groups in total. The van der Waals surface area contributed by atoms with E-state index in [4.69, 9.17) is 0 Å². The first-order chi connectivity index (χ1) is 13.2. The monoisotopic (exact) mass is 362 g/mol. The standard InChI is InChI=1S/C21H26N6/c1-15(2)27-13-16(11-22-27)12-25-18-8-9-19(25)14-26-20(10-18)23-24-21(26)17-6-4-3-5-7-17/h3-7,11,13,15,18-19H,8-10,12,14H2,1-2H3/t18-,19+/m0/s1. The first-order valence-electron chi connectivity index (χ1n) is 9.95. The van der Waals surface area contributed by atoms with Crippen molar-refractivity contribution in [2.24, 2.45) is 0 Å². The Balaban J connectivity index is 1.41. The van der Waals surface area contributed by atoms with Crippen LogP contribution in [0.25, 0.3) is 11.4 Å². The summed E-state index contributed by atoms with van der Waals surface area (Å²) in [6.07, 6.45) is 7.70. The molecule has 1 aromatic carbocycles. The third-order valence-electron chi connectivity index (χ3n) is 5.99. The summed E-state index contributed by atoms with van der Waals surface area (Å²) in [6.45, 7) is 6.29. The fourth-order valence-corrected chi connectivity index (χ4v) is 4.54. The van der Waals surface area contributed by atoms with E-state index >= 15 is 0 Å². The van der Waals surface area contributed by atoms with E-state index in [0.29, 0.717) is 18.1 Å². The van der Waals surface area contributed by atoms with Crippen LogP contribution >= 0.6 is 0 Å². The molecule has 2 bridgehead atoms.